The van der Waals surface area contributed by atoms with Crippen LogP contribution < -0.4 is 0 Å². The van der Waals surface area contributed by atoms with Gasteiger partial charge in [-0.1, -0.05) is 48.0 Å². The highest BCUT2D eigenvalue weighted by Crippen LogP contribution is 2.47. The number of hydrogen-bond acceptors (Lipinski definition) is 5. The van der Waals surface area contributed by atoms with Crippen LogP contribution in [0.1, 0.15) is 67.2 Å². The number of aliphatic hydroxyl groups excluding tert-OH is 4. The molecular weight excluding hydrogens is 320 g/mol. The van der Waals surface area contributed by atoms with Gasteiger partial charge in [0.05, 0.1) is 18.3 Å². The highest BCUT2D eigenvalue weighted by atomic mass is 16.4. The Labute approximate surface area is 152 Å². The standard InChI is InChI=1S/C20H38O5/c1-11(2)7-9-14-18(23)16(17(22)13(5)6)19(24)20(14,25)15(21)10-8-12(3)4/h11-15,17-18,21-25H,7-10H2,1-6H3. The van der Waals surface area contributed by atoms with Crippen molar-refractivity contribution in [3.05, 3.63) is 11.3 Å². The molecule has 0 aromatic heterocycles. The quantitative estimate of drug-likeness (QED) is 0.436. The fourth-order valence-electron chi connectivity index (χ4n) is 3.69. The topological polar surface area (TPSA) is 101 Å². The molecule has 25 heavy (non-hydrogen) atoms. The monoisotopic (exact) mass is 358 g/mol. The van der Waals surface area contributed by atoms with Crippen molar-refractivity contribution in [2.45, 2.75) is 91.1 Å². The molecule has 0 bridgehead atoms. The van der Waals surface area contributed by atoms with E-state index < -0.39 is 35.6 Å². The van der Waals surface area contributed by atoms with E-state index in [2.05, 4.69) is 0 Å². The molecule has 0 aliphatic heterocycles. The van der Waals surface area contributed by atoms with Crippen LogP contribution in [0.4, 0.5) is 0 Å². The maximum absolute atomic E-state index is 11.3. The first-order chi connectivity index (χ1) is 11.4. The molecule has 5 atom stereocenters. The Hall–Kier alpha value is -0.620. The van der Waals surface area contributed by atoms with Crippen molar-refractivity contribution in [1.82, 2.24) is 0 Å². The minimum absolute atomic E-state index is 0.0647. The summed E-state index contributed by atoms with van der Waals surface area (Å²) in [6.07, 6.45) is -1.15. The summed E-state index contributed by atoms with van der Waals surface area (Å²) in [5.41, 5.74) is -1.84. The number of rotatable bonds is 9. The van der Waals surface area contributed by atoms with Gasteiger partial charge in [0.25, 0.3) is 0 Å². The van der Waals surface area contributed by atoms with E-state index in [4.69, 9.17) is 0 Å². The van der Waals surface area contributed by atoms with E-state index in [0.29, 0.717) is 31.1 Å². The highest BCUT2D eigenvalue weighted by Gasteiger charge is 2.57. The van der Waals surface area contributed by atoms with Crippen molar-refractivity contribution in [3.8, 4) is 0 Å². The van der Waals surface area contributed by atoms with Crippen LogP contribution in [0.3, 0.4) is 0 Å². The Morgan fingerprint density at radius 3 is 1.88 bits per heavy atom. The fraction of sp³-hybridized carbons (Fsp3) is 0.900. The van der Waals surface area contributed by atoms with Gasteiger partial charge in [0.2, 0.25) is 0 Å². The second-order valence-electron chi connectivity index (χ2n) is 8.83. The molecule has 0 spiro atoms. The molecular formula is C20H38O5. The molecule has 5 nitrogen and oxygen atoms in total. The van der Waals surface area contributed by atoms with Crippen molar-refractivity contribution in [3.63, 3.8) is 0 Å². The van der Waals surface area contributed by atoms with Crippen molar-refractivity contribution >= 4 is 0 Å². The van der Waals surface area contributed by atoms with E-state index in [9.17, 15) is 25.5 Å². The smallest absolute Gasteiger partial charge is 0.152 e. The van der Waals surface area contributed by atoms with Gasteiger partial charge in [-0.2, -0.15) is 0 Å². The number of hydrogen-bond donors (Lipinski definition) is 5. The molecule has 0 radical (unpaired) electrons. The first-order valence-electron chi connectivity index (χ1n) is 9.64. The van der Waals surface area contributed by atoms with Crippen LogP contribution in [0.5, 0.6) is 0 Å². The van der Waals surface area contributed by atoms with Gasteiger partial charge in [-0.3, -0.25) is 0 Å². The molecule has 1 aliphatic carbocycles. The zero-order chi connectivity index (χ0) is 19.5. The van der Waals surface area contributed by atoms with Crippen molar-refractivity contribution in [2.75, 3.05) is 0 Å². The largest absolute Gasteiger partial charge is 0.509 e. The average Bonchev–Trinajstić information content (AvgIpc) is 2.69. The van der Waals surface area contributed by atoms with E-state index in [1.54, 1.807) is 13.8 Å². The van der Waals surface area contributed by atoms with Crippen molar-refractivity contribution in [2.24, 2.45) is 23.7 Å². The van der Waals surface area contributed by atoms with Crippen LogP contribution in [-0.4, -0.2) is 49.4 Å². The van der Waals surface area contributed by atoms with Gasteiger partial charge in [-0.25, -0.2) is 0 Å². The van der Waals surface area contributed by atoms with E-state index in [1.165, 1.54) is 0 Å². The molecule has 1 aliphatic rings. The lowest BCUT2D eigenvalue weighted by Gasteiger charge is -2.36. The zero-order valence-electron chi connectivity index (χ0n) is 16.6. The van der Waals surface area contributed by atoms with Gasteiger partial charge in [0, 0.05) is 11.5 Å². The average molecular weight is 359 g/mol. The van der Waals surface area contributed by atoms with E-state index in [-0.39, 0.29) is 11.5 Å². The second-order valence-corrected chi connectivity index (χ2v) is 8.83. The second kappa shape index (κ2) is 8.85. The predicted octanol–water partition coefficient (Wildman–Crippen LogP) is 2.77. The summed E-state index contributed by atoms with van der Waals surface area (Å²) in [4.78, 5) is 0. The van der Waals surface area contributed by atoms with Crippen LogP contribution in [0, 0.1) is 23.7 Å². The van der Waals surface area contributed by atoms with E-state index in [1.807, 2.05) is 27.7 Å². The van der Waals surface area contributed by atoms with Crippen LogP contribution in [0.25, 0.3) is 0 Å². The maximum atomic E-state index is 11.3. The fourth-order valence-corrected chi connectivity index (χ4v) is 3.69. The third-order valence-corrected chi connectivity index (χ3v) is 5.45. The van der Waals surface area contributed by atoms with Crippen LogP contribution >= 0.6 is 0 Å². The molecule has 5 heteroatoms. The Morgan fingerprint density at radius 2 is 1.44 bits per heavy atom. The SMILES string of the molecule is CC(C)CCC(O)C1(O)C(O)=C(C(O)C(C)C)C(O)C1CCC(C)C. The van der Waals surface area contributed by atoms with Crippen molar-refractivity contribution < 1.29 is 25.5 Å². The van der Waals surface area contributed by atoms with E-state index >= 15 is 0 Å². The lowest BCUT2D eigenvalue weighted by atomic mass is 9.77. The van der Waals surface area contributed by atoms with Crippen LogP contribution in [-0.2, 0) is 0 Å². The highest BCUT2D eigenvalue weighted by molar-refractivity contribution is 5.36. The molecule has 0 aromatic rings. The Balaban J connectivity index is 3.22. The summed E-state index contributed by atoms with van der Waals surface area (Å²) in [6.45, 7) is 11.7. The predicted molar refractivity (Wildman–Crippen MR) is 99.1 cm³/mol. The zero-order valence-corrected chi connectivity index (χ0v) is 16.6. The van der Waals surface area contributed by atoms with E-state index in [0.717, 1.165) is 6.42 Å². The molecule has 5 unspecified atom stereocenters. The normalized spacial score (nSPS) is 30.0. The van der Waals surface area contributed by atoms with Gasteiger partial charge in [-0.05, 0) is 37.0 Å². The van der Waals surface area contributed by atoms with Crippen LogP contribution in [0.2, 0.25) is 0 Å². The molecule has 5 N–H and O–H groups in total. The van der Waals surface area contributed by atoms with Gasteiger partial charge in [0.15, 0.2) is 5.60 Å². The Morgan fingerprint density at radius 1 is 0.920 bits per heavy atom. The van der Waals surface area contributed by atoms with Gasteiger partial charge in [-0.15, -0.1) is 0 Å². The molecule has 0 saturated heterocycles. The van der Waals surface area contributed by atoms with Gasteiger partial charge < -0.3 is 25.5 Å². The summed E-state index contributed by atoms with van der Waals surface area (Å²) < 4.78 is 0. The maximum Gasteiger partial charge on any atom is 0.152 e. The molecule has 0 heterocycles. The summed E-state index contributed by atoms with van der Waals surface area (Å²) in [5.74, 6) is -0.657. The molecule has 0 aromatic carbocycles. The summed E-state index contributed by atoms with van der Waals surface area (Å²) in [5, 5.41) is 53.8. The Kier molecular flexibility index (Phi) is 7.94. The van der Waals surface area contributed by atoms with Gasteiger partial charge >= 0.3 is 0 Å². The molecule has 148 valence electrons. The summed E-state index contributed by atoms with van der Waals surface area (Å²) in [7, 11) is 0. The third-order valence-electron chi connectivity index (χ3n) is 5.45. The third kappa shape index (κ3) is 4.76. The molecule has 0 amide bonds. The van der Waals surface area contributed by atoms with Crippen molar-refractivity contribution in [1.29, 1.82) is 0 Å². The number of aliphatic hydroxyl groups is 5. The Bertz CT molecular complexity index is 457. The summed E-state index contributed by atoms with van der Waals surface area (Å²) >= 11 is 0. The lowest BCUT2D eigenvalue weighted by molar-refractivity contribution is -0.121. The minimum Gasteiger partial charge on any atom is -0.509 e. The molecule has 0 fully saturated rings. The van der Waals surface area contributed by atoms with Crippen LogP contribution in [0.15, 0.2) is 11.3 Å². The summed E-state index contributed by atoms with van der Waals surface area (Å²) in [6, 6.07) is 0. The van der Waals surface area contributed by atoms with Gasteiger partial charge in [0.1, 0.15) is 5.76 Å². The first-order valence-corrected chi connectivity index (χ1v) is 9.64. The molecule has 1 rings (SSSR count). The lowest BCUT2D eigenvalue weighted by Crippen LogP contribution is -2.50. The minimum atomic E-state index is -1.91. The first kappa shape index (κ1) is 22.4. The molecule has 0 saturated carbocycles.